The van der Waals surface area contributed by atoms with Crippen molar-refractivity contribution >= 4 is 35.0 Å². The van der Waals surface area contributed by atoms with Crippen LogP contribution >= 0.6 is 11.8 Å². The van der Waals surface area contributed by atoms with E-state index in [0.717, 1.165) is 4.90 Å². The van der Waals surface area contributed by atoms with Crippen molar-refractivity contribution in [2.45, 2.75) is 17.1 Å². The number of thioether (sulfide) groups is 1. The van der Waals surface area contributed by atoms with E-state index in [1.54, 1.807) is 56.7 Å². The van der Waals surface area contributed by atoms with Crippen LogP contribution in [-0.4, -0.2) is 31.3 Å². The van der Waals surface area contributed by atoms with Gasteiger partial charge in [-0.3, -0.25) is 9.59 Å². The molecule has 1 aromatic heterocycles. The lowest BCUT2D eigenvalue weighted by Gasteiger charge is -2.14. The van der Waals surface area contributed by atoms with Gasteiger partial charge in [-0.15, -0.1) is 11.8 Å². The molecule has 0 radical (unpaired) electrons. The molecule has 2 amide bonds. The van der Waals surface area contributed by atoms with E-state index in [1.165, 1.54) is 18.0 Å². The van der Waals surface area contributed by atoms with Gasteiger partial charge in [0.25, 0.3) is 5.91 Å². The lowest BCUT2D eigenvalue weighted by Crippen LogP contribution is -2.22. The van der Waals surface area contributed by atoms with Crippen molar-refractivity contribution in [3.8, 4) is 11.5 Å². The first-order chi connectivity index (χ1) is 14.5. The molecular formula is C22H22N2O5S. The summed E-state index contributed by atoms with van der Waals surface area (Å²) in [6.07, 6.45) is 1.45. The topological polar surface area (TPSA) is 89.8 Å². The standard InChI is InChI=1S/C22H22N2O5S/c1-14(21(25)24-16-11-17(27-2)13-18(12-16)28-3)30-19-8-6-15(7-9-19)23-22(26)20-5-4-10-29-20/h4-14H,1-3H3,(H,23,26)(H,24,25). The number of hydrogen-bond donors (Lipinski definition) is 2. The molecule has 1 unspecified atom stereocenters. The Morgan fingerprint density at radius 2 is 1.60 bits per heavy atom. The highest BCUT2D eigenvalue weighted by Gasteiger charge is 2.16. The Morgan fingerprint density at radius 1 is 0.933 bits per heavy atom. The molecule has 2 N–H and O–H groups in total. The van der Waals surface area contributed by atoms with Gasteiger partial charge in [0.1, 0.15) is 11.5 Å². The smallest absolute Gasteiger partial charge is 0.291 e. The second-order valence-corrected chi connectivity index (χ2v) is 7.72. The van der Waals surface area contributed by atoms with Crippen LogP contribution in [0.3, 0.4) is 0 Å². The predicted molar refractivity (Wildman–Crippen MR) is 117 cm³/mol. The molecule has 0 spiro atoms. The molecule has 1 heterocycles. The van der Waals surface area contributed by atoms with E-state index in [2.05, 4.69) is 10.6 Å². The van der Waals surface area contributed by atoms with Gasteiger partial charge >= 0.3 is 0 Å². The van der Waals surface area contributed by atoms with Gasteiger partial charge in [-0.1, -0.05) is 0 Å². The van der Waals surface area contributed by atoms with Crippen molar-refractivity contribution < 1.29 is 23.5 Å². The number of amides is 2. The second-order valence-electron chi connectivity index (χ2n) is 6.31. The van der Waals surface area contributed by atoms with E-state index in [0.29, 0.717) is 22.9 Å². The normalized spacial score (nSPS) is 11.4. The summed E-state index contributed by atoms with van der Waals surface area (Å²) in [6.45, 7) is 1.82. The molecule has 0 bridgehead atoms. The molecule has 0 aliphatic rings. The summed E-state index contributed by atoms with van der Waals surface area (Å²) in [6, 6.07) is 15.7. The molecule has 0 saturated heterocycles. The number of ether oxygens (including phenoxy) is 2. The summed E-state index contributed by atoms with van der Waals surface area (Å²) in [5, 5.41) is 5.29. The molecule has 2 aromatic carbocycles. The second kappa shape index (κ2) is 9.89. The number of nitrogens with one attached hydrogen (secondary N) is 2. The van der Waals surface area contributed by atoms with E-state index in [4.69, 9.17) is 13.9 Å². The van der Waals surface area contributed by atoms with Crippen molar-refractivity contribution in [3.05, 3.63) is 66.6 Å². The minimum Gasteiger partial charge on any atom is -0.497 e. The van der Waals surface area contributed by atoms with Crippen molar-refractivity contribution in [3.63, 3.8) is 0 Å². The molecular weight excluding hydrogens is 404 g/mol. The Labute approximate surface area is 178 Å². The SMILES string of the molecule is COc1cc(NC(=O)C(C)Sc2ccc(NC(=O)c3ccco3)cc2)cc(OC)c1. The maximum Gasteiger partial charge on any atom is 0.291 e. The van der Waals surface area contributed by atoms with Gasteiger partial charge in [0.05, 0.1) is 25.7 Å². The fraction of sp³-hybridized carbons (Fsp3) is 0.182. The van der Waals surface area contributed by atoms with Gasteiger partial charge in [-0.05, 0) is 43.3 Å². The summed E-state index contributed by atoms with van der Waals surface area (Å²) in [5.41, 5.74) is 1.24. The molecule has 30 heavy (non-hydrogen) atoms. The van der Waals surface area contributed by atoms with Crippen LogP contribution in [0.25, 0.3) is 0 Å². The number of hydrogen-bond acceptors (Lipinski definition) is 6. The Hall–Kier alpha value is -3.39. The molecule has 3 aromatic rings. The number of carbonyl (C=O) groups is 2. The van der Waals surface area contributed by atoms with Crippen LogP contribution in [0, 0.1) is 0 Å². The van der Waals surface area contributed by atoms with Crippen molar-refractivity contribution in [2.75, 3.05) is 24.9 Å². The van der Waals surface area contributed by atoms with Crippen molar-refractivity contribution in [1.82, 2.24) is 0 Å². The molecule has 0 saturated carbocycles. The Morgan fingerprint density at radius 3 is 2.17 bits per heavy atom. The monoisotopic (exact) mass is 426 g/mol. The highest BCUT2D eigenvalue weighted by molar-refractivity contribution is 8.00. The minimum atomic E-state index is -0.342. The summed E-state index contributed by atoms with van der Waals surface area (Å²) in [7, 11) is 3.11. The number of anilines is 2. The van der Waals surface area contributed by atoms with Crippen LogP contribution in [0.2, 0.25) is 0 Å². The highest BCUT2D eigenvalue weighted by atomic mass is 32.2. The quantitative estimate of drug-likeness (QED) is 0.509. The first kappa shape index (κ1) is 21.3. The van der Waals surface area contributed by atoms with Crippen molar-refractivity contribution in [1.29, 1.82) is 0 Å². The number of benzene rings is 2. The average molecular weight is 426 g/mol. The third-order valence-electron chi connectivity index (χ3n) is 4.16. The Kier molecular flexibility index (Phi) is 7.03. The number of furan rings is 1. The number of rotatable bonds is 8. The molecule has 0 aliphatic heterocycles. The lowest BCUT2D eigenvalue weighted by atomic mass is 10.2. The highest BCUT2D eigenvalue weighted by Crippen LogP contribution is 2.28. The first-order valence-corrected chi connectivity index (χ1v) is 10.0. The summed E-state index contributed by atoms with van der Waals surface area (Å²) in [5.74, 6) is 0.967. The Bertz CT molecular complexity index is 981. The zero-order chi connectivity index (χ0) is 21.5. The maximum absolute atomic E-state index is 12.6. The molecule has 1 atom stereocenters. The van der Waals surface area contributed by atoms with E-state index >= 15 is 0 Å². The van der Waals surface area contributed by atoms with Crippen LogP contribution < -0.4 is 20.1 Å². The molecule has 0 aliphatic carbocycles. The van der Waals surface area contributed by atoms with Gasteiger partial charge in [0.15, 0.2) is 5.76 Å². The zero-order valence-electron chi connectivity index (χ0n) is 16.8. The van der Waals surface area contributed by atoms with E-state index in [-0.39, 0.29) is 22.8 Å². The third-order valence-corrected chi connectivity index (χ3v) is 5.27. The van der Waals surface area contributed by atoms with E-state index < -0.39 is 0 Å². The van der Waals surface area contributed by atoms with Crippen LogP contribution in [0.4, 0.5) is 11.4 Å². The number of carbonyl (C=O) groups excluding carboxylic acids is 2. The molecule has 7 nitrogen and oxygen atoms in total. The Balaban J connectivity index is 1.58. The van der Waals surface area contributed by atoms with Gasteiger partial charge in [-0.25, -0.2) is 0 Å². The fourth-order valence-corrected chi connectivity index (χ4v) is 3.47. The fourth-order valence-electron chi connectivity index (χ4n) is 2.60. The summed E-state index contributed by atoms with van der Waals surface area (Å²) >= 11 is 1.41. The number of methoxy groups -OCH3 is 2. The molecule has 156 valence electrons. The largest absolute Gasteiger partial charge is 0.497 e. The minimum absolute atomic E-state index is 0.148. The predicted octanol–water partition coefficient (Wildman–Crippen LogP) is 4.67. The van der Waals surface area contributed by atoms with Crippen LogP contribution in [-0.2, 0) is 4.79 Å². The van der Waals surface area contributed by atoms with Gasteiger partial charge < -0.3 is 24.5 Å². The first-order valence-electron chi connectivity index (χ1n) is 9.14. The van der Waals surface area contributed by atoms with E-state index in [9.17, 15) is 9.59 Å². The maximum atomic E-state index is 12.6. The van der Waals surface area contributed by atoms with Crippen LogP contribution in [0.1, 0.15) is 17.5 Å². The van der Waals surface area contributed by atoms with Gasteiger partial charge in [0, 0.05) is 34.5 Å². The summed E-state index contributed by atoms with van der Waals surface area (Å²) in [4.78, 5) is 25.5. The van der Waals surface area contributed by atoms with Crippen molar-refractivity contribution in [2.24, 2.45) is 0 Å². The third kappa shape index (κ3) is 5.57. The van der Waals surface area contributed by atoms with Crippen LogP contribution in [0.5, 0.6) is 11.5 Å². The summed E-state index contributed by atoms with van der Waals surface area (Å²) < 4.78 is 15.5. The van der Waals surface area contributed by atoms with Crippen LogP contribution in [0.15, 0.2) is 70.2 Å². The van der Waals surface area contributed by atoms with Gasteiger partial charge in [-0.2, -0.15) is 0 Å². The van der Waals surface area contributed by atoms with Gasteiger partial charge in [0.2, 0.25) is 5.91 Å². The molecule has 3 rings (SSSR count). The zero-order valence-corrected chi connectivity index (χ0v) is 17.6. The average Bonchev–Trinajstić information content (AvgIpc) is 3.30. The lowest BCUT2D eigenvalue weighted by molar-refractivity contribution is -0.115. The molecule has 8 heteroatoms. The van der Waals surface area contributed by atoms with E-state index in [1.807, 2.05) is 19.1 Å². The molecule has 0 fully saturated rings.